The summed E-state index contributed by atoms with van der Waals surface area (Å²) >= 11 is 0. The first kappa shape index (κ1) is 21.7. The summed E-state index contributed by atoms with van der Waals surface area (Å²) in [5.41, 5.74) is 3.79. The molecule has 0 spiro atoms. The van der Waals surface area contributed by atoms with Crippen LogP contribution >= 0.6 is 0 Å². The van der Waals surface area contributed by atoms with Gasteiger partial charge in [0.05, 0.1) is 5.71 Å². The molecule has 0 fully saturated rings. The molecule has 8 heteroatoms. The Morgan fingerprint density at radius 1 is 1.38 bits per heavy atom. The van der Waals surface area contributed by atoms with E-state index in [4.69, 9.17) is 10.0 Å². The molecule has 0 aliphatic carbocycles. The van der Waals surface area contributed by atoms with Crippen molar-refractivity contribution in [3.05, 3.63) is 35.4 Å². The zero-order valence-corrected chi connectivity index (χ0v) is 16.1. The Morgan fingerprint density at radius 2 is 2.00 bits per heavy atom. The van der Waals surface area contributed by atoms with Crippen LogP contribution in [-0.2, 0) is 19.5 Å². The second-order valence-corrected chi connectivity index (χ2v) is 7.68. The molecule has 0 bridgehead atoms. The van der Waals surface area contributed by atoms with Gasteiger partial charge in [0.25, 0.3) is 5.91 Å². The van der Waals surface area contributed by atoms with E-state index in [1.54, 1.807) is 6.92 Å². The first-order valence-corrected chi connectivity index (χ1v) is 10.2. The van der Waals surface area contributed by atoms with E-state index >= 15 is 0 Å². The smallest absolute Gasteiger partial charge is 0.261 e. The van der Waals surface area contributed by atoms with Crippen LogP contribution in [0, 0.1) is 11.8 Å². The topological polar surface area (TPSA) is 105 Å². The highest BCUT2D eigenvalue weighted by Crippen LogP contribution is 2.22. The molecule has 0 saturated carbocycles. The third-order valence-corrected chi connectivity index (χ3v) is 5.06. The monoisotopic (exact) mass is 380 g/mol. The van der Waals surface area contributed by atoms with Gasteiger partial charge in [0.1, 0.15) is 11.4 Å². The van der Waals surface area contributed by atoms with E-state index in [9.17, 15) is 13.2 Å². The normalized spacial score (nSPS) is 16.8. The van der Waals surface area contributed by atoms with Gasteiger partial charge in [0, 0.05) is 24.7 Å². The molecule has 2 rings (SSSR count). The van der Waals surface area contributed by atoms with E-state index in [-0.39, 0.29) is 6.42 Å². The number of hydroxylamine groups is 1. The van der Waals surface area contributed by atoms with Crippen LogP contribution < -0.4 is 5.48 Å². The van der Waals surface area contributed by atoms with Crippen molar-refractivity contribution in [1.82, 2.24) is 5.48 Å². The van der Waals surface area contributed by atoms with E-state index in [1.807, 2.05) is 38.1 Å². The second kappa shape index (κ2) is 9.94. The molecule has 7 nitrogen and oxygen atoms in total. The summed E-state index contributed by atoms with van der Waals surface area (Å²) in [6, 6.07) is 7.44. The van der Waals surface area contributed by atoms with Gasteiger partial charge < -0.3 is 4.84 Å². The molecule has 1 aromatic carbocycles. The third-order valence-electron chi connectivity index (χ3n) is 3.62. The Labute approximate surface area is 154 Å². The predicted octanol–water partition coefficient (Wildman–Crippen LogP) is 1.89. The number of amides is 1. The van der Waals surface area contributed by atoms with Gasteiger partial charge in [-0.25, -0.2) is 13.9 Å². The predicted molar refractivity (Wildman–Crippen MR) is 99.5 cm³/mol. The van der Waals surface area contributed by atoms with E-state index < -0.39 is 27.1 Å². The van der Waals surface area contributed by atoms with Crippen molar-refractivity contribution in [1.29, 1.82) is 0 Å². The Hall–Kier alpha value is -2.37. The van der Waals surface area contributed by atoms with Gasteiger partial charge in [-0.2, -0.15) is 0 Å². The molecule has 1 heterocycles. The van der Waals surface area contributed by atoms with Crippen LogP contribution in [0.15, 0.2) is 29.4 Å². The van der Waals surface area contributed by atoms with Crippen LogP contribution in [0.25, 0.3) is 0 Å². The maximum Gasteiger partial charge on any atom is 0.261 e. The lowest BCUT2D eigenvalue weighted by Gasteiger charge is -2.15. The lowest BCUT2D eigenvalue weighted by molar-refractivity contribution is -0.129. The van der Waals surface area contributed by atoms with Gasteiger partial charge in [-0.15, -0.1) is 5.92 Å². The van der Waals surface area contributed by atoms with Crippen molar-refractivity contribution in [2.24, 2.45) is 5.16 Å². The van der Waals surface area contributed by atoms with Gasteiger partial charge in [-0.05, 0) is 24.6 Å². The summed E-state index contributed by atoms with van der Waals surface area (Å²) in [7, 11) is -3.68. The summed E-state index contributed by atoms with van der Waals surface area (Å²) in [6.07, 6.45) is 0.685. The number of benzene rings is 1. The standard InChI is InChI=1S/C16H18N2O5S.C2H6/c1-3-4-11-5-7-12(8-6-11)14-9-13(23-18-14)10-15(16(19)17-20)24(2,21)22;1-2/h5-8,13,15,20H,9-10H2,1-2H3,(H,17,19);1-2H3. The molecule has 1 aliphatic heterocycles. The molecular weight excluding hydrogens is 356 g/mol. The van der Waals surface area contributed by atoms with E-state index in [0.717, 1.165) is 17.4 Å². The van der Waals surface area contributed by atoms with Gasteiger partial charge in [-0.1, -0.05) is 37.1 Å². The van der Waals surface area contributed by atoms with E-state index in [1.165, 1.54) is 5.48 Å². The quantitative estimate of drug-likeness (QED) is 0.461. The van der Waals surface area contributed by atoms with Crippen molar-refractivity contribution < 1.29 is 23.3 Å². The summed E-state index contributed by atoms with van der Waals surface area (Å²) in [4.78, 5) is 16.8. The average molecular weight is 380 g/mol. The molecule has 1 amide bonds. The minimum absolute atomic E-state index is 0.0857. The van der Waals surface area contributed by atoms with Crippen molar-refractivity contribution >= 4 is 21.5 Å². The van der Waals surface area contributed by atoms with Crippen LogP contribution in [0.2, 0.25) is 0 Å². The fraction of sp³-hybridized carbons (Fsp3) is 0.444. The Morgan fingerprint density at radius 3 is 2.50 bits per heavy atom. The van der Waals surface area contributed by atoms with Crippen LogP contribution in [0.3, 0.4) is 0 Å². The fourth-order valence-corrected chi connectivity index (χ4v) is 3.41. The largest absolute Gasteiger partial charge is 0.392 e. The number of hydrogen-bond acceptors (Lipinski definition) is 6. The van der Waals surface area contributed by atoms with Crippen molar-refractivity contribution in [3.63, 3.8) is 0 Å². The first-order chi connectivity index (χ1) is 12.3. The summed E-state index contributed by atoms with van der Waals surface area (Å²) in [5, 5.41) is 11.3. The second-order valence-electron chi connectivity index (χ2n) is 5.45. The first-order valence-electron chi connectivity index (χ1n) is 8.24. The van der Waals surface area contributed by atoms with Crippen molar-refractivity contribution in [3.8, 4) is 11.8 Å². The molecule has 2 unspecified atom stereocenters. The number of nitrogens with zero attached hydrogens (tertiary/aromatic N) is 1. The van der Waals surface area contributed by atoms with Crippen LogP contribution in [-0.4, -0.2) is 42.9 Å². The van der Waals surface area contributed by atoms with Crippen LogP contribution in [0.5, 0.6) is 0 Å². The van der Waals surface area contributed by atoms with Gasteiger partial charge in [0.2, 0.25) is 0 Å². The third kappa shape index (κ3) is 5.86. The minimum Gasteiger partial charge on any atom is -0.392 e. The van der Waals surface area contributed by atoms with E-state index in [2.05, 4.69) is 17.0 Å². The van der Waals surface area contributed by atoms with Crippen molar-refractivity contribution in [2.45, 2.75) is 45.0 Å². The Bertz CT molecular complexity index is 804. The highest BCUT2D eigenvalue weighted by molar-refractivity contribution is 7.92. The summed E-state index contributed by atoms with van der Waals surface area (Å²) < 4.78 is 23.4. The number of oxime groups is 1. The number of carbonyl (C=O) groups excluding carboxylic acids is 1. The highest BCUT2D eigenvalue weighted by atomic mass is 32.2. The molecule has 1 aromatic rings. The zero-order chi connectivity index (χ0) is 19.7. The van der Waals surface area contributed by atoms with Crippen molar-refractivity contribution in [2.75, 3.05) is 6.26 Å². The number of hydrogen-bond donors (Lipinski definition) is 2. The zero-order valence-electron chi connectivity index (χ0n) is 15.3. The molecule has 0 radical (unpaired) electrons. The van der Waals surface area contributed by atoms with Gasteiger partial charge in [-0.3, -0.25) is 10.0 Å². The molecule has 2 N–H and O–H groups in total. The Balaban J connectivity index is 0.00000163. The average Bonchev–Trinajstić information content (AvgIpc) is 3.09. The van der Waals surface area contributed by atoms with Crippen LogP contribution in [0.1, 0.15) is 44.7 Å². The fourth-order valence-electron chi connectivity index (χ4n) is 2.40. The van der Waals surface area contributed by atoms with Crippen LogP contribution in [0.4, 0.5) is 0 Å². The maximum absolute atomic E-state index is 11.7. The highest BCUT2D eigenvalue weighted by Gasteiger charge is 2.35. The SMILES string of the molecule is CC.CC#Cc1ccc(C2=NOC(CC(C(=O)NO)S(C)(=O)=O)C2)cc1. The molecular formula is C18H24N2O5S. The lowest BCUT2D eigenvalue weighted by atomic mass is 10.0. The van der Waals surface area contributed by atoms with Gasteiger partial charge >= 0.3 is 0 Å². The molecule has 2 atom stereocenters. The summed E-state index contributed by atoms with van der Waals surface area (Å²) in [6.45, 7) is 5.76. The number of rotatable bonds is 5. The Kier molecular flexibility index (Phi) is 8.29. The number of sulfone groups is 1. The molecule has 142 valence electrons. The lowest BCUT2D eigenvalue weighted by Crippen LogP contribution is -2.40. The molecule has 0 saturated heterocycles. The minimum atomic E-state index is -3.68. The molecule has 0 aromatic heterocycles. The maximum atomic E-state index is 11.7. The molecule has 26 heavy (non-hydrogen) atoms. The number of carbonyl (C=O) groups is 1. The summed E-state index contributed by atoms with van der Waals surface area (Å²) in [5.74, 6) is 4.78. The van der Waals surface area contributed by atoms with Gasteiger partial charge in [0.15, 0.2) is 9.84 Å². The van der Waals surface area contributed by atoms with E-state index in [0.29, 0.717) is 12.1 Å². The molecule has 1 aliphatic rings. The number of nitrogens with one attached hydrogen (secondary N) is 1.